The van der Waals surface area contributed by atoms with Gasteiger partial charge in [0.05, 0.1) is 18.2 Å². The van der Waals surface area contributed by atoms with E-state index in [1.165, 1.54) is 0 Å². The molecular formula is C13H17NO3. The second-order valence-electron chi connectivity index (χ2n) is 4.45. The molecule has 0 aliphatic carbocycles. The molecular weight excluding hydrogens is 218 g/mol. The van der Waals surface area contributed by atoms with Crippen LogP contribution >= 0.6 is 0 Å². The fraction of sp³-hybridized carbons (Fsp3) is 0.462. The second-order valence-corrected chi connectivity index (χ2v) is 4.45. The van der Waals surface area contributed by atoms with Crippen molar-refractivity contribution in [1.29, 1.82) is 0 Å². The largest absolute Gasteiger partial charge is 0.507 e. The van der Waals surface area contributed by atoms with Crippen LogP contribution in [0.5, 0.6) is 5.75 Å². The van der Waals surface area contributed by atoms with E-state index in [1.54, 1.807) is 30.1 Å². The van der Waals surface area contributed by atoms with Gasteiger partial charge in [0, 0.05) is 13.7 Å². The van der Waals surface area contributed by atoms with Gasteiger partial charge >= 0.3 is 0 Å². The first-order valence-corrected chi connectivity index (χ1v) is 5.74. The molecule has 92 valence electrons. The maximum Gasteiger partial charge on any atom is 0.257 e. The summed E-state index contributed by atoms with van der Waals surface area (Å²) >= 11 is 0. The van der Waals surface area contributed by atoms with Gasteiger partial charge in [-0.1, -0.05) is 11.6 Å². The maximum atomic E-state index is 12.2. The van der Waals surface area contributed by atoms with E-state index in [-0.39, 0.29) is 17.7 Å². The Balaban J connectivity index is 2.20. The number of aromatic hydroxyl groups is 1. The van der Waals surface area contributed by atoms with E-state index in [0.29, 0.717) is 18.8 Å². The number of nitrogens with zero attached hydrogens (tertiary/aromatic N) is 1. The number of rotatable bonds is 2. The molecule has 1 aromatic rings. The topological polar surface area (TPSA) is 49.8 Å². The van der Waals surface area contributed by atoms with Crippen LogP contribution in [0, 0.1) is 6.92 Å². The van der Waals surface area contributed by atoms with Gasteiger partial charge in [-0.05, 0) is 25.5 Å². The average Bonchev–Trinajstić information content (AvgIpc) is 2.84. The third-order valence-electron chi connectivity index (χ3n) is 3.16. The van der Waals surface area contributed by atoms with Gasteiger partial charge in [-0.25, -0.2) is 0 Å². The van der Waals surface area contributed by atoms with Gasteiger partial charge < -0.3 is 14.7 Å². The van der Waals surface area contributed by atoms with E-state index >= 15 is 0 Å². The van der Waals surface area contributed by atoms with Crippen LogP contribution in [0.25, 0.3) is 0 Å². The fourth-order valence-corrected chi connectivity index (χ4v) is 2.00. The highest BCUT2D eigenvalue weighted by Crippen LogP contribution is 2.22. The van der Waals surface area contributed by atoms with Crippen molar-refractivity contribution in [3.05, 3.63) is 29.3 Å². The van der Waals surface area contributed by atoms with Crippen molar-refractivity contribution in [3.63, 3.8) is 0 Å². The van der Waals surface area contributed by atoms with Crippen LogP contribution in [0.2, 0.25) is 0 Å². The summed E-state index contributed by atoms with van der Waals surface area (Å²) in [6.07, 6.45) is 0.856. The lowest BCUT2D eigenvalue weighted by Gasteiger charge is -2.23. The van der Waals surface area contributed by atoms with Gasteiger partial charge in [0.2, 0.25) is 0 Å². The first-order valence-electron chi connectivity index (χ1n) is 5.74. The third kappa shape index (κ3) is 2.42. The maximum absolute atomic E-state index is 12.2. The predicted octanol–water partition coefficient (Wildman–Crippen LogP) is 1.56. The Bertz CT molecular complexity index is 425. The Kier molecular flexibility index (Phi) is 3.33. The van der Waals surface area contributed by atoms with Crippen LogP contribution in [-0.2, 0) is 4.74 Å². The van der Waals surface area contributed by atoms with Gasteiger partial charge in [-0.3, -0.25) is 4.79 Å². The molecule has 2 rings (SSSR count). The van der Waals surface area contributed by atoms with Crippen molar-refractivity contribution >= 4 is 5.91 Å². The lowest BCUT2D eigenvalue weighted by molar-refractivity contribution is 0.0708. The molecule has 0 saturated carbocycles. The minimum absolute atomic E-state index is 0.0337. The molecule has 0 radical (unpaired) electrons. The molecule has 1 unspecified atom stereocenters. The van der Waals surface area contributed by atoms with Crippen LogP contribution < -0.4 is 0 Å². The van der Waals surface area contributed by atoms with E-state index < -0.39 is 0 Å². The first-order chi connectivity index (χ1) is 8.09. The molecule has 1 aliphatic heterocycles. The normalized spacial score (nSPS) is 19.3. The standard InChI is InChI=1S/C13H17NO3/c1-9-3-4-12(15)11(7-9)13(16)14(2)10-5-6-17-8-10/h3-4,7,10,15H,5-6,8H2,1-2H3. The summed E-state index contributed by atoms with van der Waals surface area (Å²) in [5.74, 6) is -0.118. The monoisotopic (exact) mass is 235 g/mol. The Hall–Kier alpha value is -1.55. The number of ether oxygens (including phenoxy) is 1. The lowest BCUT2D eigenvalue weighted by Crippen LogP contribution is -2.37. The second kappa shape index (κ2) is 4.75. The van der Waals surface area contributed by atoms with Gasteiger partial charge in [0.15, 0.2) is 0 Å². The van der Waals surface area contributed by atoms with E-state index in [2.05, 4.69) is 0 Å². The van der Waals surface area contributed by atoms with Crippen LogP contribution in [0.15, 0.2) is 18.2 Å². The van der Waals surface area contributed by atoms with Crippen LogP contribution in [0.4, 0.5) is 0 Å². The summed E-state index contributed by atoms with van der Waals surface area (Å²) in [6, 6.07) is 5.17. The molecule has 0 spiro atoms. The highest BCUT2D eigenvalue weighted by Gasteiger charge is 2.26. The summed E-state index contributed by atoms with van der Waals surface area (Å²) in [4.78, 5) is 13.9. The fourth-order valence-electron chi connectivity index (χ4n) is 2.00. The summed E-state index contributed by atoms with van der Waals surface area (Å²) in [6.45, 7) is 3.17. The lowest BCUT2D eigenvalue weighted by atomic mass is 10.1. The molecule has 1 aliphatic rings. The molecule has 4 nitrogen and oxygen atoms in total. The molecule has 1 amide bonds. The van der Waals surface area contributed by atoms with Crippen molar-refractivity contribution in [2.75, 3.05) is 20.3 Å². The van der Waals surface area contributed by atoms with Crippen molar-refractivity contribution in [2.45, 2.75) is 19.4 Å². The van der Waals surface area contributed by atoms with E-state index in [4.69, 9.17) is 4.74 Å². The molecule has 0 aromatic heterocycles. The van der Waals surface area contributed by atoms with Gasteiger partial charge in [0.25, 0.3) is 5.91 Å². The van der Waals surface area contributed by atoms with Gasteiger partial charge in [-0.2, -0.15) is 0 Å². The number of hydrogen-bond donors (Lipinski definition) is 1. The van der Waals surface area contributed by atoms with Crippen LogP contribution in [0.3, 0.4) is 0 Å². The zero-order chi connectivity index (χ0) is 12.4. The summed E-state index contributed by atoms with van der Waals surface area (Å²) < 4.78 is 5.26. The predicted molar refractivity (Wildman–Crippen MR) is 64.2 cm³/mol. The summed E-state index contributed by atoms with van der Waals surface area (Å²) in [5.41, 5.74) is 1.32. The SMILES string of the molecule is Cc1ccc(O)c(C(=O)N(C)C2CCOC2)c1. The highest BCUT2D eigenvalue weighted by atomic mass is 16.5. The van der Waals surface area contributed by atoms with Crippen molar-refractivity contribution < 1.29 is 14.6 Å². The van der Waals surface area contributed by atoms with Gasteiger partial charge in [-0.15, -0.1) is 0 Å². The highest BCUT2D eigenvalue weighted by molar-refractivity contribution is 5.97. The molecule has 4 heteroatoms. The molecule has 1 heterocycles. The van der Waals surface area contributed by atoms with E-state index in [1.807, 2.05) is 6.92 Å². The minimum atomic E-state index is -0.151. The molecule has 0 bridgehead atoms. The number of amides is 1. The number of phenols is 1. The Labute approximate surface area is 101 Å². The van der Waals surface area contributed by atoms with Gasteiger partial charge in [0.1, 0.15) is 5.75 Å². The number of phenolic OH excluding ortho intramolecular Hbond substituents is 1. The van der Waals surface area contributed by atoms with Crippen molar-refractivity contribution in [1.82, 2.24) is 4.90 Å². The first kappa shape index (κ1) is 11.9. The number of hydrogen-bond acceptors (Lipinski definition) is 3. The van der Waals surface area contributed by atoms with Crippen molar-refractivity contribution in [3.8, 4) is 5.75 Å². The van der Waals surface area contributed by atoms with E-state index in [9.17, 15) is 9.90 Å². The molecule has 1 aromatic carbocycles. The number of carbonyl (C=O) groups is 1. The zero-order valence-electron chi connectivity index (χ0n) is 10.1. The number of likely N-dealkylation sites (N-methyl/N-ethyl adjacent to an activating group) is 1. The van der Waals surface area contributed by atoms with E-state index in [0.717, 1.165) is 12.0 Å². The number of benzene rings is 1. The molecule has 1 atom stereocenters. The van der Waals surface area contributed by atoms with Crippen LogP contribution in [0.1, 0.15) is 22.3 Å². The molecule has 1 saturated heterocycles. The summed E-state index contributed by atoms with van der Waals surface area (Å²) in [7, 11) is 1.75. The molecule has 1 N–H and O–H groups in total. The Morgan fingerprint density at radius 2 is 2.29 bits per heavy atom. The zero-order valence-corrected chi connectivity index (χ0v) is 10.1. The smallest absolute Gasteiger partial charge is 0.257 e. The Morgan fingerprint density at radius 3 is 2.94 bits per heavy atom. The third-order valence-corrected chi connectivity index (χ3v) is 3.16. The number of aryl methyl sites for hydroxylation is 1. The number of carbonyl (C=O) groups excluding carboxylic acids is 1. The Morgan fingerprint density at radius 1 is 1.53 bits per heavy atom. The van der Waals surface area contributed by atoms with Crippen LogP contribution in [-0.4, -0.2) is 42.2 Å². The van der Waals surface area contributed by atoms with Crippen molar-refractivity contribution in [2.24, 2.45) is 0 Å². The average molecular weight is 235 g/mol. The molecule has 1 fully saturated rings. The quantitative estimate of drug-likeness (QED) is 0.846. The molecule has 17 heavy (non-hydrogen) atoms. The summed E-state index contributed by atoms with van der Waals surface area (Å²) in [5, 5.41) is 9.72. The minimum Gasteiger partial charge on any atom is -0.507 e.